The van der Waals surface area contributed by atoms with E-state index in [1.165, 1.54) is 6.42 Å². The highest BCUT2D eigenvalue weighted by Gasteiger charge is 2.35. The highest BCUT2D eigenvalue weighted by molar-refractivity contribution is 5.87. The second-order valence-corrected chi connectivity index (χ2v) is 9.96. The lowest BCUT2D eigenvalue weighted by atomic mass is 10.0. The molecule has 1 saturated heterocycles. The zero-order valence-electron chi connectivity index (χ0n) is 24.8. The zero-order chi connectivity index (χ0) is 29.7. The molecule has 11 nitrogen and oxygen atoms in total. The third kappa shape index (κ3) is 17.8. The molecule has 1 aliphatic rings. The number of hydrogen-bond acceptors (Lipinski definition) is 7. The first-order valence-electron chi connectivity index (χ1n) is 13.8. The van der Waals surface area contributed by atoms with E-state index in [4.69, 9.17) is 5.11 Å². The van der Waals surface area contributed by atoms with Crippen LogP contribution < -0.4 is 21.3 Å². The summed E-state index contributed by atoms with van der Waals surface area (Å²) >= 11 is 0. The van der Waals surface area contributed by atoms with Crippen LogP contribution in [0.2, 0.25) is 0 Å². The number of carbonyl (C=O) groups excluding carboxylic acids is 4. The summed E-state index contributed by atoms with van der Waals surface area (Å²) in [6.07, 6.45) is 4.39. The topological polar surface area (TPSA) is 157 Å². The lowest BCUT2D eigenvalue weighted by Gasteiger charge is -2.27. The molecular weight excluding hydrogens is 490 g/mol. The molecule has 0 spiro atoms. The van der Waals surface area contributed by atoms with Crippen LogP contribution >= 0.6 is 0 Å². The molecule has 0 aromatic carbocycles. The number of likely N-dealkylation sites (N-methyl/N-ethyl adjacent to an activating group) is 2. The van der Waals surface area contributed by atoms with Crippen molar-refractivity contribution in [2.24, 2.45) is 5.92 Å². The van der Waals surface area contributed by atoms with Gasteiger partial charge in [0.1, 0.15) is 6.29 Å². The first-order valence-corrected chi connectivity index (χ1v) is 13.8. The van der Waals surface area contributed by atoms with Crippen molar-refractivity contribution in [1.29, 1.82) is 0 Å². The summed E-state index contributed by atoms with van der Waals surface area (Å²) in [4.78, 5) is 57.9. The van der Waals surface area contributed by atoms with Gasteiger partial charge in [-0.25, -0.2) is 0 Å². The van der Waals surface area contributed by atoms with Gasteiger partial charge in [0.25, 0.3) is 0 Å². The SMILES string of the molecule is CCC.CCNC(=O)C(C)N1C[C@@H](NC(=O)CNC(=O)[C@H](CC(C)C)NC)CC1C.O=CCCCC(=O)O. The van der Waals surface area contributed by atoms with Gasteiger partial charge in [-0.1, -0.05) is 34.1 Å². The summed E-state index contributed by atoms with van der Waals surface area (Å²) in [6, 6.07) is -0.328. The van der Waals surface area contributed by atoms with Crippen molar-refractivity contribution < 1.29 is 29.1 Å². The maximum absolute atomic E-state index is 12.2. The largest absolute Gasteiger partial charge is 0.481 e. The van der Waals surface area contributed by atoms with E-state index >= 15 is 0 Å². The number of amides is 3. The standard InChI is InChI=1S/C19H37N5O3.C5H8O3.C3H8/c1-7-21-18(26)14(5)24-11-15(9-13(24)4)23-17(25)10-22-19(27)16(20-6)8-12(2)3;6-4-2-1-3-5(7)8;1-3-2/h12-16,20H,7-11H2,1-6H3,(H,21,26)(H,22,27)(H,23,25);4H,1-3H2,(H,7,8);3H2,1-2H3/t13?,14?,15-,16-;;/m0../s1. The maximum atomic E-state index is 12.2. The fraction of sp³-hybridized carbons (Fsp3) is 0.815. The van der Waals surface area contributed by atoms with Crippen LogP contribution in [0.25, 0.3) is 0 Å². The number of unbranched alkanes of at least 4 members (excludes halogenated alkanes) is 1. The Hall–Kier alpha value is -2.53. The van der Waals surface area contributed by atoms with Gasteiger partial charge in [0.05, 0.1) is 18.6 Å². The van der Waals surface area contributed by atoms with Gasteiger partial charge in [0, 0.05) is 38.0 Å². The minimum atomic E-state index is -0.841. The van der Waals surface area contributed by atoms with Gasteiger partial charge in [0.2, 0.25) is 17.7 Å². The lowest BCUT2D eigenvalue weighted by molar-refractivity contribution is -0.137. The van der Waals surface area contributed by atoms with E-state index in [0.717, 1.165) is 19.1 Å². The average Bonchev–Trinajstić information content (AvgIpc) is 3.20. The number of nitrogens with zero attached hydrogens (tertiary/aromatic N) is 1. The average molecular weight is 544 g/mol. The number of rotatable bonds is 14. The second-order valence-electron chi connectivity index (χ2n) is 9.96. The Morgan fingerprint density at radius 3 is 2.13 bits per heavy atom. The predicted molar refractivity (Wildman–Crippen MR) is 150 cm³/mol. The van der Waals surface area contributed by atoms with Gasteiger partial charge >= 0.3 is 5.97 Å². The van der Waals surface area contributed by atoms with E-state index < -0.39 is 5.97 Å². The van der Waals surface area contributed by atoms with Gasteiger partial charge in [0.15, 0.2) is 0 Å². The van der Waals surface area contributed by atoms with Crippen LogP contribution in [0.4, 0.5) is 0 Å². The third-order valence-electron chi connectivity index (χ3n) is 5.72. The maximum Gasteiger partial charge on any atom is 0.303 e. The van der Waals surface area contributed by atoms with E-state index in [1.807, 2.05) is 13.8 Å². The molecule has 0 aliphatic carbocycles. The quantitative estimate of drug-likeness (QED) is 0.164. The van der Waals surface area contributed by atoms with Crippen LogP contribution in [-0.4, -0.2) is 90.8 Å². The molecule has 2 unspecified atom stereocenters. The van der Waals surface area contributed by atoms with Crippen molar-refractivity contribution in [2.45, 2.75) is 111 Å². The molecule has 11 heteroatoms. The molecule has 38 heavy (non-hydrogen) atoms. The van der Waals surface area contributed by atoms with Gasteiger partial charge in [-0.15, -0.1) is 0 Å². The summed E-state index contributed by atoms with van der Waals surface area (Å²) in [6.45, 7) is 15.4. The predicted octanol–water partition coefficient (Wildman–Crippen LogP) is 1.70. The van der Waals surface area contributed by atoms with Crippen molar-refractivity contribution in [2.75, 3.05) is 26.7 Å². The Bertz CT molecular complexity index is 703. The van der Waals surface area contributed by atoms with Crippen LogP contribution in [0.1, 0.15) is 87.0 Å². The minimum Gasteiger partial charge on any atom is -0.481 e. The first-order chi connectivity index (χ1) is 17.9. The van der Waals surface area contributed by atoms with Crippen LogP contribution in [0.5, 0.6) is 0 Å². The molecule has 0 bridgehead atoms. The second kappa shape index (κ2) is 22.5. The summed E-state index contributed by atoms with van der Waals surface area (Å²) in [5.74, 6) is -0.807. The van der Waals surface area contributed by atoms with Crippen molar-refractivity contribution in [3.63, 3.8) is 0 Å². The summed E-state index contributed by atoms with van der Waals surface area (Å²) in [5.41, 5.74) is 0. The molecule has 3 amide bonds. The van der Waals surface area contributed by atoms with E-state index in [0.29, 0.717) is 31.8 Å². The van der Waals surface area contributed by atoms with Gasteiger partial charge < -0.3 is 31.2 Å². The number of carboxylic acids is 1. The molecule has 1 aliphatic heterocycles. The summed E-state index contributed by atoms with van der Waals surface area (Å²) in [5, 5.41) is 19.5. The van der Waals surface area contributed by atoms with Crippen LogP contribution in [0, 0.1) is 5.92 Å². The molecule has 1 heterocycles. The normalized spacial score (nSPS) is 18.1. The van der Waals surface area contributed by atoms with E-state index in [-0.39, 0.29) is 54.9 Å². The molecule has 1 rings (SSSR count). The van der Waals surface area contributed by atoms with E-state index in [2.05, 4.69) is 60.8 Å². The Labute approximate surface area is 229 Å². The molecule has 0 saturated carbocycles. The first kappa shape index (κ1) is 37.6. The van der Waals surface area contributed by atoms with Crippen LogP contribution in [0.3, 0.4) is 0 Å². The molecule has 0 aromatic heterocycles. The number of aliphatic carboxylic acids is 1. The Morgan fingerprint density at radius 1 is 1.05 bits per heavy atom. The summed E-state index contributed by atoms with van der Waals surface area (Å²) < 4.78 is 0. The monoisotopic (exact) mass is 543 g/mol. The fourth-order valence-electron chi connectivity index (χ4n) is 3.91. The highest BCUT2D eigenvalue weighted by atomic mass is 16.4. The number of nitrogens with one attached hydrogen (secondary N) is 4. The number of likely N-dealkylation sites (tertiary alicyclic amines) is 1. The molecule has 1 fully saturated rings. The molecule has 0 aromatic rings. The van der Waals surface area contributed by atoms with Crippen molar-refractivity contribution >= 4 is 30.0 Å². The van der Waals surface area contributed by atoms with Gasteiger partial charge in [-0.3, -0.25) is 24.1 Å². The van der Waals surface area contributed by atoms with Gasteiger partial charge in [-0.2, -0.15) is 0 Å². The molecule has 4 atom stereocenters. The Kier molecular flexibility index (Phi) is 22.2. The Balaban J connectivity index is 0. The fourth-order valence-corrected chi connectivity index (χ4v) is 3.91. The van der Waals surface area contributed by atoms with Gasteiger partial charge in [-0.05, 0) is 53.0 Å². The molecule has 5 N–H and O–H groups in total. The number of carboxylic acid groups (broad SMARTS) is 1. The zero-order valence-corrected chi connectivity index (χ0v) is 24.8. The Morgan fingerprint density at radius 2 is 1.66 bits per heavy atom. The minimum absolute atomic E-state index is 0.00634. The van der Waals surface area contributed by atoms with E-state index in [1.54, 1.807) is 7.05 Å². The summed E-state index contributed by atoms with van der Waals surface area (Å²) in [7, 11) is 1.75. The molecular formula is C27H53N5O6. The number of hydrogen-bond donors (Lipinski definition) is 5. The van der Waals surface area contributed by atoms with Crippen LogP contribution in [0.15, 0.2) is 0 Å². The smallest absolute Gasteiger partial charge is 0.303 e. The number of aldehydes is 1. The molecule has 222 valence electrons. The van der Waals surface area contributed by atoms with Crippen molar-refractivity contribution in [3.8, 4) is 0 Å². The highest BCUT2D eigenvalue weighted by Crippen LogP contribution is 2.20. The molecule has 0 radical (unpaired) electrons. The van der Waals surface area contributed by atoms with Crippen LogP contribution in [-0.2, 0) is 24.0 Å². The lowest BCUT2D eigenvalue weighted by Crippen LogP contribution is -2.49. The third-order valence-corrected chi connectivity index (χ3v) is 5.72. The number of carbonyl (C=O) groups is 5. The van der Waals surface area contributed by atoms with Crippen molar-refractivity contribution in [1.82, 2.24) is 26.2 Å². The van der Waals surface area contributed by atoms with E-state index in [9.17, 15) is 24.0 Å². The van der Waals surface area contributed by atoms with Crippen molar-refractivity contribution in [3.05, 3.63) is 0 Å².